The molecule has 0 radical (unpaired) electrons. The number of rotatable bonds is 9. The molecule has 4 heterocycles. The molecular weight excluding hydrogens is 438 g/mol. The van der Waals surface area contributed by atoms with Crippen molar-refractivity contribution in [1.29, 1.82) is 0 Å². The summed E-state index contributed by atoms with van der Waals surface area (Å²) in [7, 11) is 3.46. The molecule has 33 heavy (non-hydrogen) atoms. The third-order valence-corrected chi connectivity index (χ3v) is 6.56. The fourth-order valence-corrected chi connectivity index (χ4v) is 4.68. The molecule has 4 aromatic heterocycles. The lowest BCUT2D eigenvalue weighted by atomic mass is 10.00. The number of methoxy groups -OCH3 is 1. The van der Waals surface area contributed by atoms with E-state index in [-0.39, 0.29) is 11.9 Å². The Kier molecular flexibility index (Phi) is 6.83. The Labute approximate surface area is 196 Å². The van der Waals surface area contributed by atoms with Gasteiger partial charge in [-0.15, -0.1) is 15.3 Å². The van der Waals surface area contributed by atoms with Gasteiger partial charge in [0.05, 0.1) is 18.5 Å². The number of hydrogen-bond acceptors (Lipinski definition) is 7. The van der Waals surface area contributed by atoms with E-state index in [9.17, 15) is 4.79 Å². The normalized spacial score (nSPS) is 12.4. The second kappa shape index (κ2) is 9.78. The number of pyridine rings is 2. The van der Waals surface area contributed by atoms with E-state index < -0.39 is 0 Å². The first-order valence-corrected chi connectivity index (χ1v) is 12.3. The summed E-state index contributed by atoms with van der Waals surface area (Å²) >= 11 is 1.74. The maximum Gasteiger partial charge on any atom is 0.242 e. The van der Waals surface area contributed by atoms with Crippen molar-refractivity contribution in [2.75, 3.05) is 19.1 Å². The number of carbonyl (C=O) groups excluding carboxylic acids is 1. The highest BCUT2D eigenvalue weighted by Crippen LogP contribution is 2.30. The molecule has 0 aliphatic heterocycles. The molecule has 0 aliphatic carbocycles. The first-order valence-electron chi connectivity index (χ1n) is 10.9. The zero-order chi connectivity index (χ0) is 23.5. The van der Waals surface area contributed by atoms with Crippen LogP contribution in [0, 0.1) is 13.8 Å². The summed E-state index contributed by atoms with van der Waals surface area (Å²) in [4.78, 5) is 17.7. The van der Waals surface area contributed by atoms with Crippen molar-refractivity contribution in [2.45, 2.75) is 39.2 Å². The molecule has 0 saturated carbocycles. The molecular formula is C23H29N7O2S. The highest BCUT2D eigenvalue weighted by molar-refractivity contribution is 7.98. The Balaban J connectivity index is 1.53. The van der Waals surface area contributed by atoms with E-state index >= 15 is 0 Å². The van der Waals surface area contributed by atoms with Crippen LogP contribution in [0.3, 0.4) is 0 Å². The van der Waals surface area contributed by atoms with Crippen molar-refractivity contribution in [3.8, 4) is 5.88 Å². The molecule has 10 heteroatoms. The van der Waals surface area contributed by atoms with E-state index in [0.717, 1.165) is 51.5 Å². The van der Waals surface area contributed by atoms with Gasteiger partial charge in [0, 0.05) is 25.4 Å². The largest absolute Gasteiger partial charge is 0.479 e. The summed E-state index contributed by atoms with van der Waals surface area (Å²) < 4.78 is 9.11. The molecule has 0 aliphatic rings. The van der Waals surface area contributed by atoms with Crippen molar-refractivity contribution in [2.24, 2.45) is 7.05 Å². The van der Waals surface area contributed by atoms with Crippen molar-refractivity contribution >= 4 is 34.3 Å². The van der Waals surface area contributed by atoms with Gasteiger partial charge < -0.3 is 10.1 Å². The van der Waals surface area contributed by atoms with Crippen LogP contribution in [0.25, 0.3) is 16.7 Å². The van der Waals surface area contributed by atoms with Gasteiger partial charge in [0.25, 0.3) is 0 Å². The van der Waals surface area contributed by atoms with Crippen molar-refractivity contribution in [1.82, 2.24) is 34.7 Å². The molecule has 4 aromatic rings. The minimum atomic E-state index is -0.205. The molecule has 4 rings (SSSR count). The Hall–Kier alpha value is -3.14. The van der Waals surface area contributed by atoms with Crippen LogP contribution in [0.1, 0.15) is 41.5 Å². The standard InChI is InChI=1S/C23H29N7O2S/c1-14-16(15(2)24-22-20(14)23(32-4)28-29(22)3)9-10-19(31)25-17(11-13-33-5)21-27-26-18-8-6-7-12-30(18)21/h6-8,12,17H,9-11,13H2,1-5H3,(H,25,31). The Morgan fingerprint density at radius 3 is 2.85 bits per heavy atom. The molecule has 0 bridgehead atoms. The van der Waals surface area contributed by atoms with E-state index in [1.807, 2.05) is 49.7 Å². The van der Waals surface area contributed by atoms with E-state index in [1.54, 1.807) is 23.6 Å². The van der Waals surface area contributed by atoms with Crippen LogP contribution in [-0.4, -0.2) is 54.4 Å². The molecule has 174 valence electrons. The summed E-state index contributed by atoms with van der Waals surface area (Å²) in [5.41, 5.74) is 4.56. The molecule has 1 amide bonds. The van der Waals surface area contributed by atoms with Crippen LogP contribution in [-0.2, 0) is 18.3 Å². The third-order valence-electron chi connectivity index (χ3n) is 5.92. The van der Waals surface area contributed by atoms with Gasteiger partial charge >= 0.3 is 0 Å². The van der Waals surface area contributed by atoms with Crippen molar-refractivity contribution in [3.05, 3.63) is 47.0 Å². The van der Waals surface area contributed by atoms with Crippen LogP contribution in [0.15, 0.2) is 24.4 Å². The molecule has 1 N–H and O–H groups in total. The average molecular weight is 468 g/mol. The van der Waals surface area contributed by atoms with Gasteiger partial charge in [-0.05, 0) is 62.0 Å². The summed E-state index contributed by atoms with van der Waals surface area (Å²) in [6, 6.07) is 5.57. The number of nitrogens with zero attached hydrogens (tertiary/aromatic N) is 6. The average Bonchev–Trinajstić information content (AvgIpc) is 3.37. The predicted octanol–water partition coefficient (Wildman–Crippen LogP) is 3.18. The number of aromatic nitrogens is 6. The van der Waals surface area contributed by atoms with Crippen LogP contribution in [0.4, 0.5) is 0 Å². The zero-order valence-electron chi connectivity index (χ0n) is 19.6. The summed E-state index contributed by atoms with van der Waals surface area (Å²) in [6.07, 6.45) is 5.70. The second-order valence-electron chi connectivity index (χ2n) is 8.02. The maximum atomic E-state index is 13.0. The van der Waals surface area contributed by atoms with E-state index in [1.165, 1.54) is 0 Å². The topological polar surface area (TPSA) is 99.2 Å². The van der Waals surface area contributed by atoms with E-state index in [0.29, 0.717) is 18.7 Å². The second-order valence-corrected chi connectivity index (χ2v) is 9.01. The molecule has 1 atom stereocenters. The van der Waals surface area contributed by atoms with Crippen LogP contribution >= 0.6 is 11.8 Å². The number of fused-ring (bicyclic) bond motifs is 2. The van der Waals surface area contributed by atoms with Crippen LogP contribution < -0.4 is 10.1 Å². The lowest BCUT2D eigenvalue weighted by Crippen LogP contribution is -2.30. The van der Waals surface area contributed by atoms with Gasteiger partial charge in [-0.1, -0.05) is 6.07 Å². The smallest absolute Gasteiger partial charge is 0.242 e. The lowest BCUT2D eigenvalue weighted by molar-refractivity contribution is -0.121. The summed E-state index contributed by atoms with van der Waals surface area (Å²) in [5, 5.41) is 17.1. The van der Waals surface area contributed by atoms with Gasteiger partial charge in [-0.3, -0.25) is 9.20 Å². The number of aryl methyl sites for hydroxylation is 3. The van der Waals surface area contributed by atoms with E-state index in [4.69, 9.17) is 9.72 Å². The first-order chi connectivity index (χ1) is 15.9. The molecule has 0 aromatic carbocycles. The fourth-order valence-electron chi connectivity index (χ4n) is 4.21. The quantitative estimate of drug-likeness (QED) is 0.404. The minimum absolute atomic E-state index is 0.0224. The summed E-state index contributed by atoms with van der Waals surface area (Å²) in [6.45, 7) is 4.01. The number of carbonyl (C=O) groups is 1. The Morgan fingerprint density at radius 2 is 2.09 bits per heavy atom. The van der Waals surface area contributed by atoms with Gasteiger partial charge in [-0.25, -0.2) is 9.67 Å². The third kappa shape index (κ3) is 4.52. The molecule has 0 spiro atoms. The number of ether oxygens (including phenoxy) is 1. The SMILES string of the molecule is COc1nn(C)c2nc(C)c(CCC(=O)NC(CCSC)c3nnc4ccccn34)c(C)c12. The monoisotopic (exact) mass is 467 g/mol. The highest BCUT2D eigenvalue weighted by atomic mass is 32.2. The molecule has 0 fully saturated rings. The van der Waals surface area contributed by atoms with Crippen molar-refractivity contribution < 1.29 is 9.53 Å². The molecule has 9 nitrogen and oxygen atoms in total. The number of hydrogen-bond donors (Lipinski definition) is 1. The molecule has 1 unspecified atom stereocenters. The zero-order valence-corrected chi connectivity index (χ0v) is 20.4. The van der Waals surface area contributed by atoms with Crippen molar-refractivity contribution in [3.63, 3.8) is 0 Å². The van der Waals surface area contributed by atoms with Gasteiger partial charge in [-0.2, -0.15) is 11.8 Å². The number of amides is 1. The Morgan fingerprint density at radius 1 is 1.27 bits per heavy atom. The fraction of sp³-hybridized carbons (Fsp3) is 0.435. The van der Waals surface area contributed by atoms with E-state index in [2.05, 4.69) is 26.9 Å². The maximum absolute atomic E-state index is 13.0. The van der Waals surface area contributed by atoms with Gasteiger partial charge in [0.2, 0.25) is 11.8 Å². The van der Waals surface area contributed by atoms with Crippen LogP contribution in [0.2, 0.25) is 0 Å². The highest BCUT2D eigenvalue weighted by Gasteiger charge is 2.22. The number of thioether (sulfide) groups is 1. The summed E-state index contributed by atoms with van der Waals surface area (Å²) in [5.74, 6) is 2.19. The predicted molar refractivity (Wildman–Crippen MR) is 130 cm³/mol. The van der Waals surface area contributed by atoms with Gasteiger partial charge in [0.1, 0.15) is 0 Å². The minimum Gasteiger partial charge on any atom is -0.479 e. The lowest BCUT2D eigenvalue weighted by Gasteiger charge is -2.17. The Bertz CT molecular complexity index is 1300. The first kappa shape index (κ1) is 23.0. The van der Waals surface area contributed by atoms with Crippen LogP contribution in [0.5, 0.6) is 5.88 Å². The van der Waals surface area contributed by atoms with Gasteiger partial charge in [0.15, 0.2) is 17.1 Å². The molecule has 0 saturated heterocycles. The number of nitrogens with one attached hydrogen (secondary N) is 1.